The van der Waals surface area contributed by atoms with Crippen molar-refractivity contribution in [3.8, 4) is 11.8 Å². The van der Waals surface area contributed by atoms with E-state index < -0.39 is 5.96 Å². The van der Waals surface area contributed by atoms with Crippen molar-refractivity contribution in [2.24, 2.45) is 0 Å². The first kappa shape index (κ1) is 23.1. The summed E-state index contributed by atoms with van der Waals surface area (Å²) in [5.74, 6) is -2.57. The summed E-state index contributed by atoms with van der Waals surface area (Å²) < 4.78 is 5.93. The standard InChI is InChI=1S/C29H27ClNOP/c30-33(27-15-4-1-5-16-27,28-17-6-2-7-18-28,29-19-8-3-9-20-29)24-25-13-12-14-26(23-25)32-22-11-10-21-31/h1-9,12-20,23H,10-11,22,24H2. The van der Waals surface area contributed by atoms with E-state index in [1.165, 1.54) is 0 Å². The number of ether oxygens (including phenoxy) is 1. The van der Waals surface area contributed by atoms with Crippen LogP contribution in [0.15, 0.2) is 115 Å². The minimum atomic E-state index is -3.38. The Morgan fingerprint density at radius 1 is 0.697 bits per heavy atom. The Labute approximate surface area is 201 Å². The van der Waals surface area contributed by atoms with Crippen molar-refractivity contribution in [2.75, 3.05) is 6.61 Å². The maximum absolute atomic E-state index is 8.77. The van der Waals surface area contributed by atoms with Crippen LogP contribution in [0.3, 0.4) is 0 Å². The van der Waals surface area contributed by atoms with Gasteiger partial charge in [0.05, 0.1) is 0 Å². The summed E-state index contributed by atoms with van der Waals surface area (Å²) in [6, 6.07) is 41.8. The number of nitrogens with zero attached hydrogens (tertiary/aromatic N) is 1. The van der Waals surface area contributed by atoms with Gasteiger partial charge < -0.3 is 0 Å². The predicted octanol–water partition coefficient (Wildman–Crippen LogP) is 6.55. The van der Waals surface area contributed by atoms with Gasteiger partial charge in [0.2, 0.25) is 0 Å². The van der Waals surface area contributed by atoms with Crippen LogP contribution in [0.5, 0.6) is 5.75 Å². The maximum atomic E-state index is 8.77. The summed E-state index contributed by atoms with van der Waals surface area (Å²) in [4.78, 5) is 0. The van der Waals surface area contributed by atoms with Crippen molar-refractivity contribution in [3.63, 3.8) is 0 Å². The van der Waals surface area contributed by atoms with Crippen LogP contribution >= 0.6 is 17.2 Å². The van der Waals surface area contributed by atoms with Crippen LogP contribution < -0.4 is 20.7 Å². The summed E-state index contributed by atoms with van der Waals surface area (Å²) in [6.45, 7) is 0.525. The fourth-order valence-electron chi connectivity index (χ4n) is 4.36. The summed E-state index contributed by atoms with van der Waals surface area (Å²) >= 11 is 8.16. The molecular formula is C29H27ClNOP. The van der Waals surface area contributed by atoms with Crippen molar-refractivity contribution in [1.82, 2.24) is 0 Å². The Morgan fingerprint density at radius 2 is 1.21 bits per heavy atom. The van der Waals surface area contributed by atoms with Crippen molar-refractivity contribution in [2.45, 2.75) is 19.0 Å². The third-order valence-corrected chi connectivity index (χ3v) is 13.2. The monoisotopic (exact) mass is 471 g/mol. The molecule has 2 nitrogen and oxygen atoms in total. The van der Waals surface area contributed by atoms with E-state index in [9.17, 15) is 0 Å². The van der Waals surface area contributed by atoms with Crippen molar-refractivity contribution >= 4 is 33.1 Å². The van der Waals surface area contributed by atoms with Crippen molar-refractivity contribution in [1.29, 1.82) is 5.26 Å². The molecule has 0 aliphatic carbocycles. The molecule has 0 aromatic heterocycles. The second kappa shape index (κ2) is 10.2. The van der Waals surface area contributed by atoms with E-state index >= 15 is 0 Å². The molecule has 0 bridgehead atoms. The van der Waals surface area contributed by atoms with Crippen LogP contribution in [0.2, 0.25) is 0 Å². The number of nitriles is 1. The molecular weight excluding hydrogens is 445 g/mol. The Hall–Kier alpha value is -3.11. The molecule has 0 atom stereocenters. The zero-order valence-electron chi connectivity index (χ0n) is 18.5. The molecule has 33 heavy (non-hydrogen) atoms. The van der Waals surface area contributed by atoms with Crippen LogP contribution in [0.4, 0.5) is 0 Å². The average molecular weight is 472 g/mol. The molecule has 0 radical (unpaired) electrons. The Morgan fingerprint density at radius 3 is 1.70 bits per heavy atom. The molecule has 0 N–H and O–H groups in total. The number of rotatable bonds is 9. The molecule has 4 heteroatoms. The van der Waals surface area contributed by atoms with Crippen LogP contribution in [-0.2, 0) is 6.16 Å². The third-order valence-electron chi connectivity index (χ3n) is 5.96. The fourth-order valence-corrected chi connectivity index (χ4v) is 10.5. The second-order valence-corrected chi connectivity index (χ2v) is 14.6. The zero-order valence-corrected chi connectivity index (χ0v) is 20.1. The van der Waals surface area contributed by atoms with Gasteiger partial charge in [-0.05, 0) is 0 Å². The predicted molar refractivity (Wildman–Crippen MR) is 141 cm³/mol. The van der Waals surface area contributed by atoms with E-state index in [1.807, 2.05) is 30.3 Å². The van der Waals surface area contributed by atoms with Crippen LogP contribution in [0, 0.1) is 11.3 Å². The number of hydrogen-bond acceptors (Lipinski definition) is 2. The number of hydrogen-bond donors (Lipinski definition) is 0. The molecule has 0 spiro atoms. The molecule has 166 valence electrons. The second-order valence-electron chi connectivity index (χ2n) is 8.11. The van der Waals surface area contributed by atoms with Crippen molar-refractivity contribution in [3.05, 3.63) is 121 Å². The van der Waals surface area contributed by atoms with Gasteiger partial charge in [0.25, 0.3) is 0 Å². The van der Waals surface area contributed by atoms with E-state index in [1.54, 1.807) is 0 Å². The minimum absolute atomic E-state index is 0.494. The van der Waals surface area contributed by atoms with Crippen LogP contribution in [0.1, 0.15) is 18.4 Å². The Kier molecular flexibility index (Phi) is 7.14. The van der Waals surface area contributed by atoms with E-state index in [0.717, 1.165) is 27.2 Å². The van der Waals surface area contributed by atoms with E-state index in [0.29, 0.717) is 25.6 Å². The Bertz CT molecular complexity index is 1120. The molecule has 4 aromatic carbocycles. The van der Waals surface area contributed by atoms with Gasteiger partial charge in [-0.1, -0.05) is 0 Å². The van der Waals surface area contributed by atoms with Gasteiger partial charge in [-0.25, -0.2) is 0 Å². The van der Waals surface area contributed by atoms with Gasteiger partial charge in [-0.3, -0.25) is 0 Å². The molecule has 4 aromatic rings. The molecule has 0 heterocycles. The molecule has 0 aliphatic heterocycles. The average Bonchev–Trinajstić information content (AvgIpc) is 2.88. The van der Waals surface area contributed by atoms with Gasteiger partial charge >= 0.3 is 201 Å². The fraction of sp³-hybridized carbons (Fsp3) is 0.138. The summed E-state index contributed by atoms with van der Waals surface area (Å²) in [6.07, 6.45) is 1.88. The molecule has 0 saturated carbocycles. The summed E-state index contributed by atoms with van der Waals surface area (Å²) in [7, 11) is 0. The van der Waals surface area contributed by atoms with E-state index in [4.69, 9.17) is 21.2 Å². The molecule has 0 amide bonds. The van der Waals surface area contributed by atoms with Gasteiger partial charge in [0, 0.05) is 0 Å². The zero-order chi connectivity index (χ0) is 23.0. The SMILES string of the molecule is N#CCCCOc1cccc(CP(Cl)(c2ccccc2)(c2ccccc2)c2ccccc2)c1. The molecule has 0 fully saturated rings. The van der Waals surface area contributed by atoms with Gasteiger partial charge in [-0.15, -0.1) is 0 Å². The Balaban J connectivity index is 1.87. The first-order chi connectivity index (χ1) is 16.1. The van der Waals surface area contributed by atoms with E-state index in [-0.39, 0.29) is 0 Å². The molecule has 0 saturated heterocycles. The van der Waals surface area contributed by atoms with Gasteiger partial charge in [0.15, 0.2) is 0 Å². The van der Waals surface area contributed by atoms with Gasteiger partial charge in [-0.2, -0.15) is 0 Å². The van der Waals surface area contributed by atoms with E-state index in [2.05, 4.69) is 91.0 Å². The molecule has 0 aliphatic rings. The van der Waals surface area contributed by atoms with Crippen LogP contribution in [0.25, 0.3) is 0 Å². The number of benzene rings is 4. The third kappa shape index (κ3) is 4.67. The van der Waals surface area contributed by atoms with Crippen LogP contribution in [-0.4, -0.2) is 6.61 Å². The topological polar surface area (TPSA) is 33.0 Å². The number of halogens is 1. The normalized spacial score (nSPS) is 12.3. The first-order valence-electron chi connectivity index (χ1n) is 11.1. The summed E-state index contributed by atoms with van der Waals surface area (Å²) in [5.41, 5.74) is 1.12. The summed E-state index contributed by atoms with van der Waals surface area (Å²) in [5, 5.41) is 12.2. The van der Waals surface area contributed by atoms with Crippen molar-refractivity contribution < 1.29 is 4.74 Å². The molecule has 4 rings (SSSR count). The number of unbranched alkanes of at least 4 members (excludes halogenated alkanes) is 1. The van der Waals surface area contributed by atoms with Gasteiger partial charge in [0.1, 0.15) is 0 Å². The molecule has 0 unspecified atom stereocenters. The quantitative estimate of drug-likeness (QED) is 0.205. The first-order valence-corrected chi connectivity index (χ1v) is 14.5.